The third kappa shape index (κ3) is 6.45. The monoisotopic (exact) mass is 375 g/mol. The molecule has 0 aliphatic rings. The Kier molecular flexibility index (Phi) is 7.17. The highest BCUT2D eigenvalue weighted by atomic mass is 35.5. The Morgan fingerprint density at radius 3 is 2.42 bits per heavy atom. The molecule has 8 heteroatoms. The summed E-state index contributed by atoms with van der Waals surface area (Å²) in [6.07, 6.45) is -0.666. The normalized spacial score (nSPS) is 12.3. The molecule has 0 bridgehead atoms. The minimum absolute atomic E-state index is 0.393. The van der Waals surface area contributed by atoms with Crippen LogP contribution in [0.2, 0.25) is 10.0 Å². The van der Waals surface area contributed by atoms with E-state index in [0.717, 1.165) is 0 Å². The predicted molar refractivity (Wildman–Crippen MR) is 98.1 cm³/mol. The maximum absolute atomic E-state index is 12.3. The molecule has 0 aliphatic heterocycles. The molecule has 3 N–H and O–H groups in total. The van der Waals surface area contributed by atoms with E-state index >= 15 is 0 Å². The van der Waals surface area contributed by atoms with Crippen LogP contribution in [0.3, 0.4) is 0 Å². The van der Waals surface area contributed by atoms with E-state index in [4.69, 9.17) is 27.9 Å². The Bertz CT molecular complexity index is 615. The fourth-order valence-corrected chi connectivity index (χ4v) is 2.38. The first-order valence-corrected chi connectivity index (χ1v) is 8.32. The van der Waals surface area contributed by atoms with Crippen molar-refractivity contribution < 1.29 is 14.3 Å². The third-order valence-electron chi connectivity index (χ3n) is 2.79. The summed E-state index contributed by atoms with van der Waals surface area (Å²) >= 11 is 12.1. The van der Waals surface area contributed by atoms with Gasteiger partial charge < -0.3 is 20.7 Å². The van der Waals surface area contributed by atoms with Gasteiger partial charge in [0.2, 0.25) is 5.91 Å². The molecule has 6 nitrogen and oxygen atoms in total. The summed E-state index contributed by atoms with van der Waals surface area (Å²) in [5.41, 5.74) is 0.373. The zero-order chi connectivity index (χ0) is 18.5. The van der Waals surface area contributed by atoms with Gasteiger partial charge in [0.1, 0.15) is 11.6 Å². The van der Waals surface area contributed by atoms with Crippen molar-refractivity contribution in [3.8, 4) is 0 Å². The van der Waals surface area contributed by atoms with E-state index in [1.165, 1.54) is 0 Å². The molecule has 1 rings (SSSR count). The molecule has 0 heterocycles. The smallest absolute Gasteiger partial charge is 0.408 e. The maximum atomic E-state index is 12.3. The van der Waals surface area contributed by atoms with Crippen LogP contribution in [-0.2, 0) is 9.53 Å². The second-order valence-electron chi connectivity index (χ2n) is 6.20. The van der Waals surface area contributed by atoms with Crippen molar-refractivity contribution in [1.82, 2.24) is 5.32 Å². The van der Waals surface area contributed by atoms with Gasteiger partial charge in [0.25, 0.3) is 0 Å². The first kappa shape index (κ1) is 20.4. The predicted octanol–water partition coefficient (Wildman–Crippen LogP) is 4.28. The van der Waals surface area contributed by atoms with Gasteiger partial charge in [-0.15, -0.1) is 0 Å². The third-order valence-corrected chi connectivity index (χ3v) is 3.31. The summed E-state index contributed by atoms with van der Waals surface area (Å²) < 4.78 is 5.12. The number of halogens is 2. The van der Waals surface area contributed by atoms with Gasteiger partial charge in [0.05, 0.1) is 16.4 Å². The van der Waals surface area contributed by atoms with Crippen LogP contribution in [0.5, 0.6) is 0 Å². The summed E-state index contributed by atoms with van der Waals surface area (Å²) in [6, 6.07) is 2.37. The van der Waals surface area contributed by atoms with E-state index in [1.807, 2.05) is 6.92 Å². The molecule has 1 atom stereocenters. The van der Waals surface area contributed by atoms with E-state index in [9.17, 15) is 9.59 Å². The molecule has 1 aromatic rings. The average molecular weight is 376 g/mol. The van der Waals surface area contributed by atoms with Crippen molar-refractivity contribution in [1.29, 1.82) is 0 Å². The summed E-state index contributed by atoms with van der Waals surface area (Å²) in [4.78, 5) is 24.0. The molecule has 1 unspecified atom stereocenters. The number of carbonyl (C=O) groups excluding carboxylic acids is 2. The molecule has 1 aromatic carbocycles. The molecule has 0 radical (unpaired) electrons. The van der Waals surface area contributed by atoms with Crippen LogP contribution in [0.1, 0.15) is 34.6 Å². The van der Waals surface area contributed by atoms with E-state index in [0.29, 0.717) is 28.0 Å². The first-order valence-electron chi connectivity index (χ1n) is 7.56. The van der Waals surface area contributed by atoms with Gasteiger partial charge in [-0.2, -0.15) is 0 Å². The topological polar surface area (TPSA) is 79.5 Å². The molecule has 0 spiro atoms. The van der Waals surface area contributed by atoms with Crippen LogP contribution in [0, 0.1) is 0 Å². The highest BCUT2D eigenvalue weighted by Crippen LogP contribution is 2.34. The number of anilines is 2. The molecule has 2 amide bonds. The van der Waals surface area contributed by atoms with Gasteiger partial charge in [-0.25, -0.2) is 4.79 Å². The number of rotatable bonds is 5. The zero-order valence-electron chi connectivity index (χ0n) is 14.4. The number of alkyl carbamates (subject to hydrolysis) is 1. The van der Waals surface area contributed by atoms with Crippen LogP contribution in [0.15, 0.2) is 12.1 Å². The zero-order valence-corrected chi connectivity index (χ0v) is 15.9. The molecule has 134 valence electrons. The molecular formula is C16H23Cl2N3O3. The van der Waals surface area contributed by atoms with Crippen molar-refractivity contribution >= 4 is 46.6 Å². The van der Waals surface area contributed by atoms with Gasteiger partial charge in [-0.05, 0) is 46.8 Å². The van der Waals surface area contributed by atoms with Crippen LogP contribution >= 0.6 is 23.2 Å². The Morgan fingerprint density at radius 1 is 1.25 bits per heavy atom. The van der Waals surface area contributed by atoms with E-state index in [1.54, 1.807) is 39.8 Å². The van der Waals surface area contributed by atoms with Crippen molar-refractivity contribution in [3.05, 3.63) is 22.2 Å². The Morgan fingerprint density at radius 2 is 1.88 bits per heavy atom. The van der Waals surface area contributed by atoms with E-state index < -0.39 is 23.6 Å². The van der Waals surface area contributed by atoms with Crippen LogP contribution in [0.4, 0.5) is 16.2 Å². The molecule has 0 aromatic heterocycles. The lowest BCUT2D eigenvalue weighted by atomic mass is 10.2. The van der Waals surface area contributed by atoms with E-state index in [2.05, 4.69) is 16.0 Å². The summed E-state index contributed by atoms with van der Waals surface area (Å²) in [6.45, 7) is 9.31. The van der Waals surface area contributed by atoms with Gasteiger partial charge in [0, 0.05) is 11.6 Å². The lowest BCUT2D eigenvalue weighted by Gasteiger charge is -2.22. The van der Waals surface area contributed by atoms with Gasteiger partial charge >= 0.3 is 6.09 Å². The molecule has 0 saturated carbocycles. The molecular weight excluding hydrogens is 353 g/mol. The number of hydrogen-bond acceptors (Lipinski definition) is 4. The summed E-state index contributed by atoms with van der Waals surface area (Å²) in [5.74, 6) is -0.418. The molecule has 0 aliphatic carbocycles. The van der Waals surface area contributed by atoms with Crippen molar-refractivity contribution in [2.75, 3.05) is 17.2 Å². The second-order valence-corrected chi connectivity index (χ2v) is 7.04. The lowest BCUT2D eigenvalue weighted by molar-refractivity contribution is -0.117. The number of benzene rings is 1. The second kappa shape index (κ2) is 8.44. The van der Waals surface area contributed by atoms with E-state index in [-0.39, 0.29) is 0 Å². The Labute approximate surface area is 152 Å². The Hall–Kier alpha value is -1.66. The first-order chi connectivity index (χ1) is 11.0. The quantitative estimate of drug-likeness (QED) is 0.717. The SMILES string of the molecule is CCNc1c(Cl)cc(Cl)cc1NC(=O)C(C)NC(=O)OC(C)(C)C. The van der Waals surface area contributed by atoms with Crippen molar-refractivity contribution in [2.24, 2.45) is 0 Å². The standard InChI is InChI=1S/C16H23Cl2N3O3/c1-6-19-13-11(18)7-10(17)8-12(13)21-14(22)9(2)20-15(23)24-16(3,4)5/h7-9,19H,6H2,1-5H3,(H,20,23)(H,21,22). The summed E-state index contributed by atoms with van der Waals surface area (Å²) in [7, 11) is 0. The summed E-state index contributed by atoms with van der Waals surface area (Å²) in [5, 5.41) is 9.04. The van der Waals surface area contributed by atoms with Crippen LogP contribution < -0.4 is 16.0 Å². The maximum Gasteiger partial charge on any atom is 0.408 e. The number of amides is 2. The largest absolute Gasteiger partial charge is 0.444 e. The van der Waals surface area contributed by atoms with Crippen LogP contribution in [-0.4, -0.2) is 30.2 Å². The molecule has 24 heavy (non-hydrogen) atoms. The van der Waals surface area contributed by atoms with Gasteiger partial charge in [-0.3, -0.25) is 4.79 Å². The number of ether oxygens (including phenoxy) is 1. The fourth-order valence-electron chi connectivity index (χ4n) is 1.82. The minimum Gasteiger partial charge on any atom is -0.444 e. The fraction of sp³-hybridized carbons (Fsp3) is 0.500. The highest BCUT2D eigenvalue weighted by molar-refractivity contribution is 6.37. The number of carbonyl (C=O) groups is 2. The molecule has 0 saturated heterocycles. The number of hydrogen-bond donors (Lipinski definition) is 3. The Balaban J connectivity index is 2.82. The van der Waals surface area contributed by atoms with Crippen molar-refractivity contribution in [2.45, 2.75) is 46.3 Å². The molecule has 0 fully saturated rings. The average Bonchev–Trinajstić information content (AvgIpc) is 2.40. The number of nitrogens with one attached hydrogen (secondary N) is 3. The highest BCUT2D eigenvalue weighted by Gasteiger charge is 2.22. The lowest BCUT2D eigenvalue weighted by Crippen LogP contribution is -2.44. The van der Waals surface area contributed by atoms with Gasteiger partial charge in [-0.1, -0.05) is 23.2 Å². The van der Waals surface area contributed by atoms with Crippen LogP contribution in [0.25, 0.3) is 0 Å². The minimum atomic E-state index is -0.799. The van der Waals surface area contributed by atoms with Gasteiger partial charge in [0.15, 0.2) is 0 Å². The van der Waals surface area contributed by atoms with Crippen molar-refractivity contribution in [3.63, 3.8) is 0 Å².